The van der Waals surface area contributed by atoms with Crippen LogP contribution in [0.25, 0.3) is 21.3 Å². The molecule has 7 heteroatoms. The Morgan fingerprint density at radius 2 is 1.66 bits per heavy atom. The number of hydrogen-bond acceptors (Lipinski definition) is 5. The van der Waals surface area contributed by atoms with Crippen molar-refractivity contribution in [3.63, 3.8) is 0 Å². The first-order valence-electron chi connectivity index (χ1n) is 11.9. The van der Waals surface area contributed by atoms with Gasteiger partial charge >= 0.3 is 0 Å². The van der Waals surface area contributed by atoms with Gasteiger partial charge in [-0.15, -0.1) is 11.3 Å². The van der Waals surface area contributed by atoms with E-state index in [9.17, 15) is 0 Å². The molecular weight excluding hydrogens is 434 g/mol. The van der Waals surface area contributed by atoms with Crippen molar-refractivity contribution in [3.05, 3.63) is 42.0 Å². The molecule has 3 heterocycles. The fourth-order valence-corrected chi connectivity index (χ4v) is 6.18. The number of rotatable bonds is 3. The van der Waals surface area contributed by atoms with E-state index in [-0.39, 0.29) is 0 Å². The number of nitrogens with zero attached hydrogens (tertiary/aromatic N) is 4. The second-order valence-electron chi connectivity index (χ2n) is 8.86. The summed E-state index contributed by atoms with van der Waals surface area (Å²) in [7, 11) is 0. The van der Waals surface area contributed by atoms with E-state index in [1.807, 2.05) is 0 Å². The molecule has 0 amide bonds. The molecule has 3 aromatic rings. The summed E-state index contributed by atoms with van der Waals surface area (Å²) in [6.45, 7) is 3.69. The summed E-state index contributed by atoms with van der Waals surface area (Å²) >= 11 is 7.50. The monoisotopic (exact) mass is 465 g/mol. The number of thiophene rings is 1. The molecule has 2 fully saturated rings. The molecule has 0 bridgehead atoms. The van der Waals surface area contributed by atoms with Crippen molar-refractivity contribution in [2.24, 2.45) is 0 Å². The Morgan fingerprint density at radius 3 is 2.41 bits per heavy atom. The SMILES string of the molecule is S=C(NC1CCCCCCC1)N1CCN(c2ncnc3scc(-c4ccccc4)c23)CC1. The van der Waals surface area contributed by atoms with Crippen molar-refractivity contribution in [2.75, 3.05) is 31.1 Å². The van der Waals surface area contributed by atoms with Crippen LogP contribution in [0, 0.1) is 0 Å². The van der Waals surface area contributed by atoms with Crippen LogP contribution >= 0.6 is 23.6 Å². The van der Waals surface area contributed by atoms with Crippen molar-refractivity contribution >= 4 is 44.7 Å². The summed E-state index contributed by atoms with van der Waals surface area (Å²) in [5.41, 5.74) is 2.45. The predicted octanol–water partition coefficient (Wildman–Crippen LogP) is 5.47. The lowest BCUT2D eigenvalue weighted by atomic mass is 9.97. The van der Waals surface area contributed by atoms with Gasteiger partial charge in [0, 0.05) is 43.2 Å². The number of anilines is 1. The van der Waals surface area contributed by atoms with Gasteiger partial charge in [0.15, 0.2) is 5.11 Å². The summed E-state index contributed by atoms with van der Waals surface area (Å²) < 4.78 is 0. The Bertz CT molecular complexity index is 1030. The van der Waals surface area contributed by atoms with Gasteiger partial charge in [-0.25, -0.2) is 9.97 Å². The van der Waals surface area contributed by atoms with E-state index in [0.29, 0.717) is 6.04 Å². The lowest BCUT2D eigenvalue weighted by Gasteiger charge is -2.38. The van der Waals surface area contributed by atoms with Gasteiger partial charge in [0.25, 0.3) is 0 Å². The molecule has 32 heavy (non-hydrogen) atoms. The highest BCUT2D eigenvalue weighted by Gasteiger charge is 2.24. The molecule has 1 saturated carbocycles. The maximum Gasteiger partial charge on any atom is 0.169 e. The Hall–Kier alpha value is -2.25. The molecule has 0 unspecified atom stereocenters. The van der Waals surface area contributed by atoms with Gasteiger partial charge < -0.3 is 15.1 Å². The van der Waals surface area contributed by atoms with Gasteiger partial charge in [-0.1, -0.05) is 62.4 Å². The molecule has 2 aliphatic rings. The Balaban J connectivity index is 1.27. The average molecular weight is 466 g/mol. The van der Waals surface area contributed by atoms with Crippen LogP contribution in [0.3, 0.4) is 0 Å². The predicted molar refractivity (Wildman–Crippen MR) is 138 cm³/mol. The zero-order valence-corrected chi connectivity index (χ0v) is 20.1. The quantitative estimate of drug-likeness (QED) is 0.518. The van der Waals surface area contributed by atoms with Crippen LogP contribution in [0.4, 0.5) is 5.82 Å². The molecular formula is C25H31N5S2. The molecule has 1 aliphatic heterocycles. The number of thiocarbonyl (C=S) groups is 1. The van der Waals surface area contributed by atoms with Crippen molar-refractivity contribution in [3.8, 4) is 11.1 Å². The Kier molecular flexibility index (Phi) is 6.83. The molecule has 2 aromatic heterocycles. The summed E-state index contributed by atoms with van der Waals surface area (Å²) in [5, 5.41) is 8.00. The van der Waals surface area contributed by atoms with Crippen LogP contribution in [0.1, 0.15) is 44.9 Å². The molecule has 0 atom stereocenters. The minimum Gasteiger partial charge on any atom is -0.360 e. The smallest absolute Gasteiger partial charge is 0.169 e. The average Bonchev–Trinajstić information content (AvgIpc) is 3.26. The highest BCUT2D eigenvalue weighted by Crippen LogP contribution is 2.38. The van der Waals surface area contributed by atoms with E-state index in [2.05, 4.69) is 55.8 Å². The van der Waals surface area contributed by atoms with Gasteiger partial charge in [0.1, 0.15) is 17.0 Å². The molecule has 5 rings (SSSR count). The van der Waals surface area contributed by atoms with Gasteiger partial charge in [-0.3, -0.25) is 0 Å². The molecule has 0 radical (unpaired) electrons. The normalized spacial score (nSPS) is 18.4. The van der Waals surface area contributed by atoms with Crippen LogP contribution in [0.5, 0.6) is 0 Å². The molecule has 1 aliphatic carbocycles. The Labute approximate surface area is 199 Å². The highest BCUT2D eigenvalue weighted by molar-refractivity contribution is 7.80. The van der Waals surface area contributed by atoms with Gasteiger partial charge in [-0.05, 0) is 30.6 Å². The molecule has 168 valence electrons. The molecule has 0 spiro atoms. The summed E-state index contributed by atoms with van der Waals surface area (Å²) in [6, 6.07) is 11.1. The standard InChI is InChI=1S/C25H31N5S2/c31-25(28-20-11-7-2-1-3-8-12-20)30-15-13-29(14-16-30)23-22-21(19-9-5-4-6-10-19)17-32-24(22)27-18-26-23/h4-6,9-10,17-18,20H,1-3,7-8,11-16H2,(H,28,31). The van der Waals surface area contributed by atoms with E-state index in [0.717, 1.165) is 41.9 Å². The second kappa shape index (κ2) is 10.1. The molecule has 1 N–H and O–H groups in total. The second-order valence-corrected chi connectivity index (χ2v) is 10.1. The number of fused-ring (bicyclic) bond motifs is 1. The van der Waals surface area contributed by atoms with Crippen molar-refractivity contribution in [2.45, 2.75) is 51.0 Å². The Morgan fingerprint density at radius 1 is 0.938 bits per heavy atom. The maximum absolute atomic E-state index is 5.81. The lowest BCUT2D eigenvalue weighted by molar-refractivity contribution is 0.360. The molecule has 1 aromatic carbocycles. The highest BCUT2D eigenvalue weighted by atomic mass is 32.1. The van der Waals surface area contributed by atoms with E-state index in [1.54, 1.807) is 17.7 Å². The third-order valence-electron chi connectivity index (χ3n) is 6.73. The van der Waals surface area contributed by atoms with Crippen LogP contribution in [0.2, 0.25) is 0 Å². The fourth-order valence-electron chi connectivity index (χ4n) is 4.92. The van der Waals surface area contributed by atoms with E-state index < -0.39 is 0 Å². The zero-order chi connectivity index (χ0) is 21.8. The van der Waals surface area contributed by atoms with E-state index in [1.165, 1.54) is 61.5 Å². The number of aromatic nitrogens is 2. The third kappa shape index (κ3) is 4.74. The topological polar surface area (TPSA) is 44.3 Å². The van der Waals surface area contributed by atoms with Crippen LogP contribution in [0.15, 0.2) is 42.0 Å². The summed E-state index contributed by atoms with van der Waals surface area (Å²) in [5.74, 6) is 1.05. The first-order valence-corrected chi connectivity index (χ1v) is 13.2. The number of nitrogens with one attached hydrogen (secondary N) is 1. The largest absolute Gasteiger partial charge is 0.360 e. The number of piperazine rings is 1. The van der Waals surface area contributed by atoms with Crippen molar-refractivity contribution in [1.82, 2.24) is 20.2 Å². The van der Waals surface area contributed by atoms with E-state index >= 15 is 0 Å². The van der Waals surface area contributed by atoms with Crippen LogP contribution in [-0.4, -0.2) is 52.2 Å². The van der Waals surface area contributed by atoms with Crippen LogP contribution < -0.4 is 10.2 Å². The third-order valence-corrected chi connectivity index (χ3v) is 8.00. The van der Waals surface area contributed by atoms with Crippen molar-refractivity contribution < 1.29 is 0 Å². The minimum absolute atomic E-state index is 0.543. The summed E-state index contributed by atoms with van der Waals surface area (Å²) in [4.78, 5) is 15.1. The van der Waals surface area contributed by atoms with Gasteiger partial charge in [-0.2, -0.15) is 0 Å². The maximum atomic E-state index is 5.81. The first-order chi connectivity index (χ1) is 15.8. The van der Waals surface area contributed by atoms with Crippen LogP contribution in [-0.2, 0) is 0 Å². The summed E-state index contributed by atoms with van der Waals surface area (Å²) in [6.07, 6.45) is 11.0. The first kappa shape index (κ1) is 21.6. The zero-order valence-electron chi connectivity index (χ0n) is 18.5. The fraction of sp³-hybridized carbons (Fsp3) is 0.480. The van der Waals surface area contributed by atoms with Gasteiger partial charge in [0.05, 0.1) is 5.39 Å². The van der Waals surface area contributed by atoms with Crippen molar-refractivity contribution in [1.29, 1.82) is 0 Å². The van der Waals surface area contributed by atoms with Gasteiger partial charge in [0.2, 0.25) is 0 Å². The van der Waals surface area contributed by atoms with E-state index in [4.69, 9.17) is 17.2 Å². The number of hydrogen-bond donors (Lipinski definition) is 1. The molecule has 1 saturated heterocycles. The lowest BCUT2D eigenvalue weighted by Crippen LogP contribution is -2.53. The minimum atomic E-state index is 0.543. The number of benzene rings is 1. The molecule has 5 nitrogen and oxygen atoms in total.